The number of rotatable bonds is 5. The zero-order chi connectivity index (χ0) is 17.5. The maximum Gasteiger partial charge on any atom is 0.303 e. The van der Waals surface area contributed by atoms with Gasteiger partial charge in [-0.1, -0.05) is 29.3 Å². The van der Waals surface area contributed by atoms with Crippen molar-refractivity contribution in [2.75, 3.05) is 32.8 Å². The van der Waals surface area contributed by atoms with Gasteiger partial charge in [-0.25, -0.2) is 0 Å². The summed E-state index contributed by atoms with van der Waals surface area (Å²) in [5.74, 6) is -0.827. The molecule has 1 amide bonds. The van der Waals surface area contributed by atoms with Crippen molar-refractivity contribution in [2.24, 2.45) is 5.92 Å². The zero-order valence-corrected chi connectivity index (χ0v) is 14.8. The van der Waals surface area contributed by atoms with E-state index in [1.807, 2.05) is 6.07 Å². The summed E-state index contributed by atoms with van der Waals surface area (Å²) in [4.78, 5) is 22.5. The van der Waals surface area contributed by atoms with Crippen molar-refractivity contribution in [3.63, 3.8) is 0 Å². The number of nitrogens with one attached hydrogen (secondary N) is 2. The number of carbonyl (C=O) groups is 2. The minimum absolute atomic E-state index is 0.00557. The van der Waals surface area contributed by atoms with Crippen molar-refractivity contribution in [2.45, 2.75) is 13.0 Å². The number of carbonyl (C=O) groups excluding carboxylic acids is 2. The molecule has 1 aliphatic rings. The molecule has 8 heteroatoms. The van der Waals surface area contributed by atoms with Crippen LogP contribution in [-0.2, 0) is 19.1 Å². The molecule has 1 aromatic rings. The Bertz CT molecular complexity index is 597. The molecule has 24 heavy (non-hydrogen) atoms. The Balaban J connectivity index is 2.02. The molecule has 2 rings (SSSR count). The summed E-state index contributed by atoms with van der Waals surface area (Å²) in [6.45, 7) is 3.33. The second-order valence-electron chi connectivity index (χ2n) is 5.51. The van der Waals surface area contributed by atoms with Crippen molar-refractivity contribution in [3.8, 4) is 0 Å². The van der Waals surface area contributed by atoms with Gasteiger partial charge in [-0.15, -0.1) is 0 Å². The fourth-order valence-corrected chi connectivity index (χ4v) is 2.80. The number of hydrogen-bond acceptors (Lipinski definition) is 5. The maximum absolute atomic E-state index is 11.7. The molecule has 1 aromatic carbocycles. The van der Waals surface area contributed by atoms with E-state index in [1.54, 1.807) is 12.1 Å². The average molecular weight is 375 g/mol. The highest BCUT2D eigenvalue weighted by atomic mass is 35.5. The molecule has 1 heterocycles. The molecule has 6 nitrogen and oxygen atoms in total. The summed E-state index contributed by atoms with van der Waals surface area (Å²) in [6, 6.07) is 5.39. The van der Waals surface area contributed by atoms with Gasteiger partial charge in [0.2, 0.25) is 0 Å². The fraction of sp³-hybridized carbons (Fsp3) is 0.500. The summed E-state index contributed by atoms with van der Waals surface area (Å²) in [5, 5.41) is 6.99. The molecule has 132 valence electrons. The van der Waals surface area contributed by atoms with Crippen molar-refractivity contribution in [3.05, 3.63) is 33.8 Å². The van der Waals surface area contributed by atoms with Crippen LogP contribution < -0.4 is 10.6 Å². The highest BCUT2D eigenvalue weighted by Gasteiger charge is 2.27. The number of esters is 1. The molecule has 0 aliphatic carbocycles. The van der Waals surface area contributed by atoms with Crippen LogP contribution in [0.1, 0.15) is 18.6 Å². The van der Waals surface area contributed by atoms with Crippen LogP contribution in [0.5, 0.6) is 0 Å². The lowest BCUT2D eigenvalue weighted by Gasteiger charge is -2.25. The quantitative estimate of drug-likeness (QED) is 0.770. The molecule has 0 bridgehead atoms. The van der Waals surface area contributed by atoms with Gasteiger partial charge in [0.15, 0.2) is 6.61 Å². The molecule has 2 atom stereocenters. The third kappa shape index (κ3) is 5.63. The van der Waals surface area contributed by atoms with Crippen molar-refractivity contribution in [1.29, 1.82) is 0 Å². The minimum atomic E-state index is -0.488. The van der Waals surface area contributed by atoms with Gasteiger partial charge in [0.25, 0.3) is 5.91 Å². The lowest BCUT2D eigenvalue weighted by molar-refractivity contribution is -0.146. The van der Waals surface area contributed by atoms with Gasteiger partial charge in [0, 0.05) is 32.5 Å². The third-order valence-electron chi connectivity index (χ3n) is 3.65. The number of amides is 1. The van der Waals surface area contributed by atoms with Gasteiger partial charge in [-0.3, -0.25) is 9.59 Å². The Hall–Kier alpha value is -1.34. The van der Waals surface area contributed by atoms with Crippen molar-refractivity contribution < 1.29 is 19.1 Å². The molecule has 1 fully saturated rings. The number of halogens is 2. The summed E-state index contributed by atoms with van der Waals surface area (Å²) in [5.41, 5.74) is 0.910. The molecule has 0 saturated carbocycles. The maximum atomic E-state index is 11.7. The van der Waals surface area contributed by atoms with Crippen LogP contribution in [0.3, 0.4) is 0 Å². The highest BCUT2D eigenvalue weighted by molar-refractivity contribution is 6.42. The molecular formula is C16H20Cl2N2O4. The Morgan fingerprint density at radius 1 is 1.38 bits per heavy atom. The Kier molecular flexibility index (Phi) is 7.30. The van der Waals surface area contributed by atoms with Gasteiger partial charge < -0.3 is 20.1 Å². The fourth-order valence-electron chi connectivity index (χ4n) is 2.49. The van der Waals surface area contributed by atoms with Gasteiger partial charge >= 0.3 is 5.97 Å². The predicted octanol–water partition coefficient (Wildman–Crippen LogP) is 1.95. The smallest absolute Gasteiger partial charge is 0.303 e. The molecule has 0 aromatic heterocycles. The molecule has 2 N–H and O–H groups in total. The van der Waals surface area contributed by atoms with Crippen LogP contribution in [0.25, 0.3) is 0 Å². The van der Waals surface area contributed by atoms with Gasteiger partial charge in [0.1, 0.15) is 0 Å². The SMILES string of the molecule is CC(=O)OCC(=O)NC[C@@H]1CNCCO[C@H]1c1ccc(Cl)c(Cl)c1. The molecule has 1 saturated heterocycles. The van der Waals surface area contributed by atoms with E-state index in [-0.39, 0.29) is 24.5 Å². The van der Waals surface area contributed by atoms with E-state index in [0.29, 0.717) is 29.7 Å². The van der Waals surface area contributed by atoms with E-state index in [1.165, 1.54) is 6.92 Å². The lowest BCUT2D eigenvalue weighted by atomic mass is 9.95. The van der Waals surface area contributed by atoms with E-state index < -0.39 is 5.97 Å². The molecular weight excluding hydrogens is 355 g/mol. The standard InChI is InChI=1S/C16H20Cl2N2O4/c1-10(21)24-9-15(22)20-8-12-7-19-4-5-23-16(12)11-2-3-13(17)14(18)6-11/h2-3,6,12,16,19H,4-5,7-9H2,1H3,(H,20,22)/t12-,16-/m0/s1. The van der Waals surface area contributed by atoms with Crippen molar-refractivity contribution >= 4 is 35.1 Å². The van der Waals surface area contributed by atoms with E-state index in [0.717, 1.165) is 12.1 Å². The molecule has 1 aliphatic heterocycles. The average Bonchev–Trinajstić information content (AvgIpc) is 2.79. The number of benzene rings is 1. The first-order chi connectivity index (χ1) is 11.5. The Labute approximate surface area is 150 Å². The zero-order valence-electron chi connectivity index (χ0n) is 13.3. The predicted molar refractivity (Wildman–Crippen MR) is 91.2 cm³/mol. The van der Waals surface area contributed by atoms with E-state index in [2.05, 4.69) is 15.4 Å². The molecule has 0 spiro atoms. The Morgan fingerprint density at radius 2 is 2.17 bits per heavy atom. The van der Waals surface area contributed by atoms with Crippen LogP contribution in [0.4, 0.5) is 0 Å². The summed E-state index contributed by atoms with van der Waals surface area (Å²) >= 11 is 12.1. The van der Waals surface area contributed by atoms with Crippen LogP contribution in [0.2, 0.25) is 10.0 Å². The van der Waals surface area contributed by atoms with E-state index in [9.17, 15) is 9.59 Å². The monoisotopic (exact) mass is 374 g/mol. The largest absolute Gasteiger partial charge is 0.456 e. The van der Waals surface area contributed by atoms with Gasteiger partial charge in [-0.05, 0) is 17.7 Å². The first kappa shape index (κ1) is 19.0. The van der Waals surface area contributed by atoms with E-state index in [4.69, 9.17) is 27.9 Å². The van der Waals surface area contributed by atoms with Gasteiger partial charge in [0.05, 0.1) is 22.8 Å². The summed E-state index contributed by atoms with van der Waals surface area (Å²) < 4.78 is 10.6. The van der Waals surface area contributed by atoms with E-state index >= 15 is 0 Å². The molecule has 0 radical (unpaired) electrons. The minimum Gasteiger partial charge on any atom is -0.456 e. The third-order valence-corrected chi connectivity index (χ3v) is 4.39. The highest BCUT2D eigenvalue weighted by Crippen LogP contribution is 2.31. The van der Waals surface area contributed by atoms with Crippen LogP contribution in [0.15, 0.2) is 18.2 Å². The number of ether oxygens (including phenoxy) is 2. The van der Waals surface area contributed by atoms with Crippen LogP contribution >= 0.6 is 23.2 Å². The second-order valence-corrected chi connectivity index (χ2v) is 6.33. The lowest BCUT2D eigenvalue weighted by Crippen LogP contribution is -2.38. The first-order valence-electron chi connectivity index (χ1n) is 7.64. The second kappa shape index (κ2) is 9.22. The van der Waals surface area contributed by atoms with Crippen LogP contribution in [0, 0.1) is 5.92 Å². The first-order valence-corrected chi connectivity index (χ1v) is 8.40. The van der Waals surface area contributed by atoms with Gasteiger partial charge in [-0.2, -0.15) is 0 Å². The van der Waals surface area contributed by atoms with Crippen LogP contribution in [-0.4, -0.2) is 44.7 Å². The van der Waals surface area contributed by atoms with Crippen molar-refractivity contribution in [1.82, 2.24) is 10.6 Å². The summed E-state index contributed by atoms with van der Waals surface area (Å²) in [6.07, 6.45) is -0.219. The summed E-state index contributed by atoms with van der Waals surface area (Å²) in [7, 11) is 0. The number of hydrogen-bond donors (Lipinski definition) is 2. The topological polar surface area (TPSA) is 76.7 Å². The normalized spacial score (nSPS) is 21.0. The Morgan fingerprint density at radius 3 is 2.88 bits per heavy atom. The molecule has 0 unspecified atom stereocenters.